The van der Waals surface area contributed by atoms with Gasteiger partial charge in [-0.05, 0) is 24.8 Å². The van der Waals surface area contributed by atoms with Gasteiger partial charge in [-0.25, -0.2) is 0 Å². The van der Waals surface area contributed by atoms with E-state index in [1.54, 1.807) is 0 Å². The maximum absolute atomic E-state index is 4.01. The second-order valence-corrected chi connectivity index (χ2v) is 4.22. The van der Waals surface area contributed by atoms with Crippen LogP contribution >= 0.6 is 11.9 Å². The SMILES string of the molecule is C=C1NSC2CCCCC12. The lowest BCUT2D eigenvalue weighted by atomic mass is 9.87. The van der Waals surface area contributed by atoms with Gasteiger partial charge in [-0.3, -0.25) is 0 Å². The van der Waals surface area contributed by atoms with E-state index in [2.05, 4.69) is 11.3 Å². The van der Waals surface area contributed by atoms with Crippen molar-refractivity contribution in [2.45, 2.75) is 30.9 Å². The van der Waals surface area contributed by atoms with E-state index in [4.69, 9.17) is 0 Å². The summed E-state index contributed by atoms with van der Waals surface area (Å²) < 4.78 is 3.28. The third-order valence-corrected chi connectivity index (χ3v) is 3.74. The summed E-state index contributed by atoms with van der Waals surface area (Å²) in [5.74, 6) is 0.791. The third kappa shape index (κ3) is 0.947. The number of hydrogen-bond acceptors (Lipinski definition) is 2. The summed E-state index contributed by atoms with van der Waals surface area (Å²) in [4.78, 5) is 0. The molecule has 0 amide bonds. The van der Waals surface area contributed by atoms with Crippen LogP contribution in [0.15, 0.2) is 12.3 Å². The Morgan fingerprint density at radius 3 is 3.00 bits per heavy atom. The average molecular weight is 155 g/mol. The van der Waals surface area contributed by atoms with E-state index in [9.17, 15) is 0 Å². The fraction of sp³-hybridized carbons (Fsp3) is 0.750. The van der Waals surface area contributed by atoms with Gasteiger partial charge in [0.25, 0.3) is 0 Å². The number of rotatable bonds is 0. The standard InChI is InChI=1S/C8H13NS/c1-6-7-4-2-3-5-8(7)10-9-6/h7-9H,1-5H2. The average Bonchev–Trinajstić information content (AvgIpc) is 2.34. The van der Waals surface area contributed by atoms with Crippen LogP contribution in [0.4, 0.5) is 0 Å². The minimum atomic E-state index is 0.791. The molecule has 0 aromatic carbocycles. The first-order valence-electron chi connectivity index (χ1n) is 3.98. The highest BCUT2D eigenvalue weighted by atomic mass is 32.2. The Hall–Kier alpha value is -0.110. The van der Waals surface area contributed by atoms with Crippen molar-refractivity contribution >= 4 is 11.9 Å². The van der Waals surface area contributed by atoms with Crippen molar-refractivity contribution in [2.75, 3.05) is 0 Å². The molecular weight excluding hydrogens is 142 g/mol. The fourth-order valence-electron chi connectivity index (χ4n) is 1.86. The van der Waals surface area contributed by atoms with Crippen molar-refractivity contribution in [3.63, 3.8) is 0 Å². The molecule has 10 heavy (non-hydrogen) atoms. The molecule has 0 spiro atoms. The first kappa shape index (κ1) is 6.59. The van der Waals surface area contributed by atoms with Crippen molar-refractivity contribution in [1.29, 1.82) is 0 Å². The van der Waals surface area contributed by atoms with Crippen molar-refractivity contribution in [1.82, 2.24) is 4.72 Å². The topological polar surface area (TPSA) is 12.0 Å². The highest BCUT2D eigenvalue weighted by Crippen LogP contribution is 2.40. The van der Waals surface area contributed by atoms with Crippen molar-refractivity contribution in [3.05, 3.63) is 12.3 Å². The molecule has 0 aromatic heterocycles. The van der Waals surface area contributed by atoms with Crippen molar-refractivity contribution in [2.24, 2.45) is 5.92 Å². The predicted molar refractivity (Wildman–Crippen MR) is 45.6 cm³/mol. The largest absolute Gasteiger partial charge is 0.334 e. The van der Waals surface area contributed by atoms with Gasteiger partial charge in [0.2, 0.25) is 0 Å². The Morgan fingerprint density at radius 1 is 1.40 bits per heavy atom. The minimum Gasteiger partial charge on any atom is -0.334 e. The molecular formula is C8H13NS. The van der Waals surface area contributed by atoms with Crippen molar-refractivity contribution in [3.8, 4) is 0 Å². The Morgan fingerprint density at radius 2 is 2.20 bits per heavy atom. The summed E-state index contributed by atoms with van der Waals surface area (Å²) >= 11 is 1.88. The highest BCUT2D eigenvalue weighted by molar-refractivity contribution is 7.98. The van der Waals surface area contributed by atoms with E-state index in [1.165, 1.54) is 31.4 Å². The molecule has 1 saturated carbocycles. The summed E-state index contributed by atoms with van der Waals surface area (Å²) in [5.41, 5.74) is 1.27. The molecule has 1 aliphatic heterocycles. The van der Waals surface area contributed by atoms with E-state index in [0.29, 0.717) is 0 Å². The first-order valence-corrected chi connectivity index (χ1v) is 4.86. The van der Waals surface area contributed by atoms with Crippen LogP contribution in [0.3, 0.4) is 0 Å². The monoisotopic (exact) mass is 155 g/mol. The van der Waals surface area contributed by atoms with Gasteiger partial charge in [0.1, 0.15) is 0 Å². The Bertz CT molecular complexity index is 155. The summed E-state index contributed by atoms with van der Waals surface area (Å²) in [7, 11) is 0. The van der Waals surface area contributed by atoms with Gasteiger partial charge in [0.05, 0.1) is 0 Å². The zero-order valence-corrected chi connectivity index (χ0v) is 6.91. The quantitative estimate of drug-likeness (QED) is 0.539. The normalized spacial score (nSPS) is 39.0. The summed E-state index contributed by atoms with van der Waals surface area (Å²) in [5, 5.41) is 0.848. The lowest BCUT2D eigenvalue weighted by molar-refractivity contribution is 0.424. The maximum atomic E-state index is 4.01. The first-order chi connectivity index (χ1) is 4.88. The molecule has 2 unspecified atom stereocenters. The molecule has 1 nitrogen and oxygen atoms in total. The molecule has 2 aliphatic rings. The number of nitrogens with one attached hydrogen (secondary N) is 1. The molecule has 2 atom stereocenters. The van der Waals surface area contributed by atoms with Gasteiger partial charge in [0.15, 0.2) is 0 Å². The molecule has 0 bridgehead atoms. The number of hydrogen-bond donors (Lipinski definition) is 1. The third-order valence-electron chi connectivity index (χ3n) is 2.49. The van der Waals surface area contributed by atoms with Crippen LogP contribution in [0.25, 0.3) is 0 Å². The lowest BCUT2D eigenvalue weighted by Gasteiger charge is -2.22. The fourth-order valence-corrected chi connectivity index (χ4v) is 3.07. The van der Waals surface area contributed by atoms with Gasteiger partial charge in [0, 0.05) is 16.9 Å². The van der Waals surface area contributed by atoms with E-state index in [0.717, 1.165) is 11.2 Å². The van der Waals surface area contributed by atoms with Gasteiger partial charge in [-0.2, -0.15) is 0 Å². The van der Waals surface area contributed by atoms with E-state index in [-0.39, 0.29) is 0 Å². The Balaban J connectivity index is 2.08. The van der Waals surface area contributed by atoms with Crippen LogP contribution in [0, 0.1) is 5.92 Å². The van der Waals surface area contributed by atoms with Gasteiger partial charge in [-0.15, -0.1) is 0 Å². The van der Waals surface area contributed by atoms with Crippen LogP contribution in [-0.2, 0) is 0 Å². The second-order valence-electron chi connectivity index (χ2n) is 3.17. The van der Waals surface area contributed by atoms with Crippen LogP contribution in [0.1, 0.15) is 25.7 Å². The number of fused-ring (bicyclic) bond motifs is 1. The Labute approximate surface area is 66.4 Å². The van der Waals surface area contributed by atoms with Crippen LogP contribution in [0.5, 0.6) is 0 Å². The molecule has 2 heteroatoms. The van der Waals surface area contributed by atoms with Crippen molar-refractivity contribution < 1.29 is 0 Å². The van der Waals surface area contributed by atoms with E-state index < -0.39 is 0 Å². The van der Waals surface area contributed by atoms with E-state index in [1.807, 2.05) is 11.9 Å². The van der Waals surface area contributed by atoms with Crippen LogP contribution < -0.4 is 4.72 Å². The lowest BCUT2D eigenvalue weighted by Crippen LogP contribution is -2.17. The molecule has 2 rings (SSSR count). The predicted octanol–water partition coefficient (Wildman–Crippen LogP) is 2.31. The summed E-state index contributed by atoms with van der Waals surface area (Å²) in [6, 6.07) is 0. The Kier molecular flexibility index (Phi) is 1.65. The molecule has 0 aromatic rings. The molecule has 1 heterocycles. The zero-order chi connectivity index (χ0) is 6.97. The molecule has 56 valence electrons. The van der Waals surface area contributed by atoms with Crippen LogP contribution in [-0.4, -0.2) is 5.25 Å². The van der Waals surface area contributed by atoms with E-state index >= 15 is 0 Å². The number of allylic oxidation sites excluding steroid dienone is 1. The molecule has 2 fully saturated rings. The van der Waals surface area contributed by atoms with Gasteiger partial charge >= 0.3 is 0 Å². The van der Waals surface area contributed by atoms with Gasteiger partial charge < -0.3 is 4.72 Å². The smallest absolute Gasteiger partial charge is 0.0328 e. The maximum Gasteiger partial charge on any atom is 0.0328 e. The van der Waals surface area contributed by atoms with Gasteiger partial charge in [-0.1, -0.05) is 19.4 Å². The molecule has 0 radical (unpaired) electrons. The summed E-state index contributed by atoms with van der Waals surface area (Å²) in [6.07, 6.45) is 5.58. The van der Waals surface area contributed by atoms with Crippen LogP contribution in [0.2, 0.25) is 0 Å². The molecule has 1 saturated heterocycles. The highest BCUT2D eigenvalue weighted by Gasteiger charge is 2.32. The second kappa shape index (κ2) is 2.50. The minimum absolute atomic E-state index is 0.791. The molecule has 1 N–H and O–H groups in total. The summed E-state index contributed by atoms with van der Waals surface area (Å²) in [6.45, 7) is 4.01. The zero-order valence-electron chi connectivity index (χ0n) is 6.10. The molecule has 1 aliphatic carbocycles.